The summed E-state index contributed by atoms with van der Waals surface area (Å²) in [4.78, 5) is 25.3. The summed E-state index contributed by atoms with van der Waals surface area (Å²) in [7, 11) is 0. The average molecular weight is 524 g/mol. The summed E-state index contributed by atoms with van der Waals surface area (Å²) in [5.41, 5.74) is -1.60. The van der Waals surface area contributed by atoms with Gasteiger partial charge in [0.05, 0.1) is 16.5 Å². The van der Waals surface area contributed by atoms with Crippen LogP contribution in [-0.4, -0.2) is 5.97 Å². The van der Waals surface area contributed by atoms with Gasteiger partial charge in [-0.3, -0.25) is 4.79 Å². The van der Waals surface area contributed by atoms with Gasteiger partial charge in [0.1, 0.15) is 11.3 Å². The highest BCUT2D eigenvalue weighted by Gasteiger charge is 2.39. The number of benzene rings is 3. The number of ether oxygens (including phenoxy) is 1. The molecule has 0 unspecified atom stereocenters. The number of esters is 1. The molecule has 1 aromatic heterocycles. The molecule has 4 rings (SSSR count). The van der Waals surface area contributed by atoms with Crippen LogP contribution >= 0.6 is 27.5 Å². The minimum Gasteiger partial charge on any atom is -0.450 e. The molecule has 0 aliphatic rings. The molecule has 4 nitrogen and oxygen atoms in total. The molecule has 4 aromatic rings. The molecule has 162 valence electrons. The zero-order valence-corrected chi connectivity index (χ0v) is 18.2. The van der Waals surface area contributed by atoms with Crippen molar-refractivity contribution in [2.45, 2.75) is 6.18 Å². The normalized spacial score (nSPS) is 11.5. The van der Waals surface area contributed by atoms with E-state index in [-0.39, 0.29) is 27.8 Å². The van der Waals surface area contributed by atoms with Crippen molar-refractivity contribution in [1.82, 2.24) is 0 Å². The van der Waals surface area contributed by atoms with Gasteiger partial charge in [0.25, 0.3) is 0 Å². The lowest BCUT2D eigenvalue weighted by atomic mass is 10.0. The number of hydrogen-bond donors (Lipinski definition) is 0. The second-order valence-electron chi connectivity index (χ2n) is 6.69. The van der Waals surface area contributed by atoms with E-state index in [0.717, 1.165) is 10.5 Å². The predicted octanol–water partition coefficient (Wildman–Crippen LogP) is 7.11. The van der Waals surface area contributed by atoms with Crippen LogP contribution < -0.4 is 10.2 Å². The molecule has 0 bridgehead atoms. The summed E-state index contributed by atoms with van der Waals surface area (Å²) in [6.45, 7) is 0. The van der Waals surface area contributed by atoms with E-state index >= 15 is 0 Å². The first-order valence-corrected chi connectivity index (χ1v) is 10.2. The van der Waals surface area contributed by atoms with Crippen LogP contribution in [0.25, 0.3) is 22.1 Å². The summed E-state index contributed by atoms with van der Waals surface area (Å²) >= 11 is 9.06. The summed E-state index contributed by atoms with van der Waals surface area (Å²) in [5.74, 6) is -2.23. The predicted molar refractivity (Wildman–Crippen MR) is 117 cm³/mol. The minimum atomic E-state index is -4.94. The zero-order valence-electron chi connectivity index (χ0n) is 15.9. The third-order valence-corrected chi connectivity index (χ3v) is 5.33. The van der Waals surface area contributed by atoms with E-state index in [1.165, 1.54) is 48.5 Å². The Kier molecular flexibility index (Phi) is 5.83. The summed E-state index contributed by atoms with van der Waals surface area (Å²) in [6.07, 6.45) is -4.94. The molecule has 0 radical (unpaired) electrons. The quantitative estimate of drug-likeness (QED) is 0.212. The van der Waals surface area contributed by atoms with Crippen LogP contribution in [0.3, 0.4) is 0 Å². The maximum Gasteiger partial charge on any atom is 0.450 e. The Balaban J connectivity index is 1.81. The van der Waals surface area contributed by atoms with Gasteiger partial charge in [-0.1, -0.05) is 39.7 Å². The highest BCUT2D eigenvalue weighted by Crippen LogP contribution is 2.38. The van der Waals surface area contributed by atoms with Crippen LogP contribution in [0.15, 0.2) is 80.4 Å². The highest BCUT2D eigenvalue weighted by atomic mass is 79.9. The Morgan fingerprint density at radius 1 is 0.969 bits per heavy atom. The fourth-order valence-electron chi connectivity index (χ4n) is 3.07. The maximum atomic E-state index is 13.7. The number of fused-ring (bicyclic) bond motifs is 1. The average Bonchev–Trinajstić information content (AvgIpc) is 2.74. The van der Waals surface area contributed by atoms with Crippen molar-refractivity contribution >= 4 is 44.5 Å². The SMILES string of the molecule is O=C(Oc1ccc2c(=O)c(-c3ccc(Cl)cc3)c(C(F)(F)F)oc2c1)c1ccc(Br)cc1. The van der Waals surface area contributed by atoms with E-state index in [1.54, 1.807) is 12.1 Å². The maximum absolute atomic E-state index is 13.7. The van der Waals surface area contributed by atoms with Gasteiger partial charge >= 0.3 is 12.1 Å². The Morgan fingerprint density at radius 3 is 2.25 bits per heavy atom. The Bertz CT molecular complexity index is 1380. The van der Waals surface area contributed by atoms with Crippen molar-refractivity contribution in [3.63, 3.8) is 0 Å². The summed E-state index contributed by atoms with van der Waals surface area (Å²) in [5, 5.41) is 0.219. The lowest BCUT2D eigenvalue weighted by Crippen LogP contribution is -2.16. The number of halogens is 5. The molecule has 0 spiro atoms. The van der Waals surface area contributed by atoms with Crippen molar-refractivity contribution in [3.05, 3.63) is 97.8 Å². The van der Waals surface area contributed by atoms with Crippen LogP contribution in [0.4, 0.5) is 13.2 Å². The summed E-state index contributed by atoms with van der Waals surface area (Å²) < 4.78 is 52.3. The van der Waals surface area contributed by atoms with Crippen LogP contribution in [-0.2, 0) is 6.18 Å². The number of rotatable bonds is 3. The molecule has 0 N–H and O–H groups in total. The minimum absolute atomic E-state index is 0.0168. The number of hydrogen-bond acceptors (Lipinski definition) is 4. The van der Waals surface area contributed by atoms with Gasteiger partial charge in [-0.05, 0) is 54.1 Å². The van der Waals surface area contributed by atoms with Gasteiger partial charge in [-0.15, -0.1) is 0 Å². The van der Waals surface area contributed by atoms with Crippen LogP contribution in [0, 0.1) is 0 Å². The number of carbonyl (C=O) groups excluding carboxylic acids is 1. The van der Waals surface area contributed by atoms with Crippen molar-refractivity contribution in [2.24, 2.45) is 0 Å². The lowest BCUT2D eigenvalue weighted by molar-refractivity contribution is -0.152. The van der Waals surface area contributed by atoms with Crippen molar-refractivity contribution < 1.29 is 27.1 Å². The molecule has 32 heavy (non-hydrogen) atoms. The Hall–Kier alpha value is -3.10. The van der Waals surface area contributed by atoms with Crippen molar-refractivity contribution in [1.29, 1.82) is 0 Å². The third kappa shape index (κ3) is 4.42. The van der Waals surface area contributed by atoms with E-state index < -0.39 is 28.9 Å². The third-order valence-electron chi connectivity index (χ3n) is 4.54. The monoisotopic (exact) mass is 522 g/mol. The molecule has 0 fully saturated rings. The smallest absolute Gasteiger partial charge is 0.450 e. The number of alkyl halides is 3. The van der Waals surface area contributed by atoms with E-state index in [9.17, 15) is 22.8 Å². The molecule has 3 aromatic carbocycles. The van der Waals surface area contributed by atoms with Crippen molar-refractivity contribution in [2.75, 3.05) is 0 Å². The first kappa shape index (κ1) is 22.1. The molecule has 1 heterocycles. The molecule has 9 heteroatoms. The topological polar surface area (TPSA) is 56.5 Å². The van der Waals surface area contributed by atoms with Gasteiger partial charge in [0.2, 0.25) is 11.2 Å². The Morgan fingerprint density at radius 2 is 1.62 bits per heavy atom. The van der Waals surface area contributed by atoms with E-state index in [4.69, 9.17) is 20.8 Å². The zero-order chi connectivity index (χ0) is 23.0. The fourth-order valence-corrected chi connectivity index (χ4v) is 3.46. The van der Waals surface area contributed by atoms with Gasteiger partial charge in [0.15, 0.2) is 0 Å². The van der Waals surface area contributed by atoms with Gasteiger partial charge < -0.3 is 9.15 Å². The molecule has 0 amide bonds. The molecular weight excluding hydrogens is 513 g/mol. The van der Waals surface area contributed by atoms with Crippen LogP contribution in [0.2, 0.25) is 5.02 Å². The molecule has 0 saturated carbocycles. The van der Waals surface area contributed by atoms with Gasteiger partial charge in [0, 0.05) is 15.6 Å². The molecular formula is C23H11BrClF3O4. The molecule has 0 saturated heterocycles. The van der Waals surface area contributed by atoms with E-state index in [0.29, 0.717) is 5.02 Å². The molecule has 0 aliphatic carbocycles. The Labute approximate surface area is 192 Å². The van der Waals surface area contributed by atoms with Gasteiger partial charge in [-0.25, -0.2) is 4.79 Å². The molecule has 0 aliphatic heterocycles. The highest BCUT2D eigenvalue weighted by molar-refractivity contribution is 9.10. The molecule has 0 atom stereocenters. The standard InChI is InChI=1S/C23H11BrClF3O4/c24-14-5-1-13(2-6-14)22(30)31-16-9-10-17-18(11-16)32-21(23(26,27)28)19(20(17)29)12-3-7-15(25)8-4-12/h1-11H. The number of carbonyl (C=O) groups is 1. The first-order valence-electron chi connectivity index (χ1n) is 9.05. The second kappa shape index (κ2) is 8.44. The largest absolute Gasteiger partial charge is 0.450 e. The van der Waals surface area contributed by atoms with Crippen molar-refractivity contribution in [3.8, 4) is 16.9 Å². The fraction of sp³-hybridized carbons (Fsp3) is 0.0435. The van der Waals surface area contributed by atoms with E-state index in [1.807, 2.05) is 0 Å². The van der Waals surface area contributed by atoms with Crippen LogP contribution in [0.5, 0.6) is 5.75 Å². The van der Waals surface area contributed by atoms with Crippen LogP contribution in [0.1, 0.15) is 16.1 Å². The second-order valence-corrected chi connectivity index (χ2v) is 8.05. The van der Waals surface area contributed by atoms with Gasteiger partial charge in [-0.2, -0.15) is 13.2 Å². The summed E-state index contributed by atoms with van der Waals surface area (Å²) in [6, 6.07) is 15.4. The van der Waals surface area contributed by atoms with E-state index in [2.05, 4.69) is 15.9 Å². The first-order chi connectivity index (χ1) is 15.1. The lowest BCUT2D eigenvalue weighted by Gasteiger charge is -2.13.